The molecule has 0 aliphatic heterocycles. The van der Waals surface area contributed by atoms with E-state index in [1.54, 1.807) is 0 Å². The largest absolute Gasteiger partial charge is 0.392 e. The Balaban J connectivity index is 2.94. The lowest BCUT2D eigenvalue weighted by Crippen LogP contribution is -2.29. The van der Waals surface area contributed by atoms with Crippen molar-refractivity contribution in [3.05, 3.63) is 28.8 Å². The first-order chi connectivity index (χ1) is 7.33. The van der Waals surface area contributed by atoms with Crippen molar-refractivity contribution in [1.29, 1.82) is 0 Å². The van der Waals surface area contributed by atoms with Crippen LogP contribution in [0.2, 0.25) is 5.02 Å². The summed E-state index contributed by atoms with van der Waals surface area (Å²) >= 11 is 5.90. The van der Waals surface area contributed by atoms with Crippen LogP contribution in [0, 0.1) is 5.41 Å². The fraction of sp³-hybridized carbons (Fsp3) is 0.538. The molecule has 1 aromatic rings. The number of aliphatic hydroxyl groups excluding tert-OH is 1. The van der Waals surface area contributed by atoms with Gasteiger partial charge in [0.25, 0.3) is 0 Å². The number of benzene rings is 1. The molecule has 0 atom stereocenters. The van der Waals surface area contributed by atoms with Crippen molar-refractivity contribution >= 4 is 17.3 Å². The van der Waals surface area contributed by atoms with Gasteiger partial charge in [-0.25, -0.2) is 0 Å². The number of hydrogen-bond acceptors (Lipinski definition) is 2. The summed E-state index contributed by atoms with van der Waals surface area (Å²) < 4.78 is 0. The van der Waals surface area contributed by atoms with E-state index in [0.717, 1.165) is 17.8 Å². The van der Waals surface area contributed by atoms with Crippen molar-refractivity contribution < 1.29 is 5.11 Å². The van der Waals surface area contributed by atoms with Crippen molar-refractivity contribution in [2.45, 2.75) is 27.4 Å². The van der Waals surface area contributed by atoms with Gasteiger partial charge in [0.2, 0.25) is 0 Å². The molecule has 1 rings (SSSR count). The molecule has 0 aliphatic carbocycles. The number of anilines is 1. The van der Waals surface area contributed by atoms with Gasteiger partial charge in [-0.2, -0.15) is 0 Å². The van der Waals surface area contributed by atoms with Crippen molar-refractivity contribution in [3.63, 3.8) is 0 Å². The molecule has 0 saturated carbocycles. The van der Waals surface area contributed by atoms with E-state index >= 15 is 0 Å². The summed E-state index contributed by atoms with van der Waals surface area (Å²) in [6, 6.07) is 5.63. The summed E-state index contributed by atoms with van der Waals surface area (Å²) in [5.74, 6) is 0. The number of hydrogen-bond donors (Lipinski definition) is 1. The first-order valence-corrected chi connectivity index (χ1v) is 5.82. The van der Waals surface area contributed by atoms with Gasteiger partial charge in [-0.05, 0) is 23.6 Å². The van der Waals surface area contributed by atoms with Crippen molar-refractivity contribution in [2.75, 3.05) is 18.5 Å². The zero-order chi connectivity index (χ0) is 12.3. The lowest BCUT2D eigenvalue weighted by Gasteiger charge is -2.29. The maximum atomic E-state index is 9.30. The van der Waals surface area contributed by atoms with E-state index < -0.39 is 0 Å². The van der Waals surface area contributed by atoms with Crippen LogP contribution in [0.25, 0.3) is 0 Å². The van der Waals surface area contributed by atoms with Gasteiger partial charge in [0.15, 0.2) is 0 Å². The second-order valence-corrected chi connectivity index (χ2v) is 5.78. The minimum Gasteiger partial charge on any atom is -0.392 e. The third-order valence-electron chi connectivity index (χ3n) is 2.33. The molecule has 0 radical (unpaired) electrons. The Hall–Kier alpha value is -0.730. The topological polar surface area (TPSA) is 23.5 Å². The van der Waals surface area contributed by atoms with Crippen LogP contribution in [0.3, 0.4) is 0 Å². The van der Waals surface area contributed by atoms with Crippen LogP contribution in [0.15, 0.2) is 18.2 Å². The van der Waals surface area contributed by atoms with Crippen LogP contribution < -0.4 is 4.90 Å². The molecule has 0 heterocycles. The quantitative estimate of drug-likeness (QED) is 0.878. The van der Waals surface area contributed by atoms with E-state index in [1.807, 2.05) is 25.2 Å². The molecule has 0 saturated heterocycles. The molecular weight excluding hydrogens is 222 g/mol. The molecule has 1 N–H and O–H groups in total. The second kappa shape index (κ2) is 5.07. The second-order valence-electron chi connectivity index (χ2n) is 5.35. The van der Waals surface area contributed by atoms with Crippen molar-refractivity contribution in [2.24, 2.45) is 5.41 Å². The van der Waals surface area contributed by atoms with E-state index in [2.05, 4.69) is 25.7 Å². The van der Waals surface area contributed by atoms with E-state index in [4.69, 9.17) is 11.6 Å². The minimum atomic E-state index is 0.0182. The maximum Gasteiger partial charge on any atom is 0.0702 e. The predicted molar refractivity (Wildman–Crippen MR) is 70.1 cm³/mol. The fourth-order valence-corrected chi connectivity index (χ4v) is 2.04. The minimum absolute atomic E-state index is 0.0182. The van der Waals surface area contributed by atoms with E-state index in [-0.39, 0.29) is 12.0 Å². The van der Waals surface area contributed by atoms with Crippen LogP contribution in [0.5, 0.6) is 0 Å². The standard InChI is InChI=1S/C13H20ClNO/c1-13(2,3)9-15(4)12-6-5-11(14)7-10(12)8-16/h5-7,16H,8-9H2,1-4H3. The van der Waals surface area contributed by atoms with E-state index in [1.165, 1.54) is 0 Å². The fourth-order valence-electron chi connectivity index (χ4n) is 1.85. The summed E-state index contributed by atoms with van der Waals surface area (Å²) in [6.07, 6.45) is 0. The van der Waals surface area contributed by atoms with E-state index in [0.29, 0.717) is 5.02 Å². The highest BCUT2D eigenvalue weighted by molar-refractivity contribution is 6.30. The number of aliphatic hydroxyl groups is 1. The molecule has 0 bridgehead atoms. The van der Waals surface area contributed by atoms with Gasteiger partial charge in [0, 0.05) is 29.9 Å². The Kier molecular flexibility index (Phi) is 4.22. The summed E-state index contributed by atoms with van der Waals surface area (Å²) in [5.41, 5.74) is 2.14. The third-order valence-corrected chi connectivity index (χ3v) is 2.57. The number of nitrogens with zero attached hydrogens (tertiary/aromatic N) is 1. The van der Waals surface area contributed by atoms with Crippen LogP contribution in [-0.2, 0) is 6.61 Å². The van der Waals surface area contributed by atoms with Gasteiger partial charge in [-0.15, -0.1) is 0 Å². The molecule has 3 heteroatoms. The first-order valence-electron chi connectivity index (χ1n) is 5.44. The zero-order valence-electron chi connectivity index (χ0n) is 10.4. The third kappa shape index (κ3) is 3.69. The highest BCUT2D eigenvalue weighted by atomic mass is 35.5. The Morgan fingerprint density at radius 3 is 2.44 bits per heavy atom. The number of rotatable bonds is 3. The highest BCUT2D eigenvalue weighted by Crippen LogP contribution is 2.26. The predicted octanol–water partition coefficient (Wildman–Crippen LogP) is 3.31. The molecule has 0 spiro atoms. The summed E-state index contributed by atoms with van der Waals surface area (Å²) in [6.45, 7) is 7.53. The molecule has 0 amide bonds. The Morgan fingerprint density at radius 1 is 1.31 bits per heavy atom. The van der Waals surface area contributed by atoms with Gasteiger partial charge in [0.1, 0.15) is 0 Å². The SMILES string of the molecule is CN(CC(C)(C)C)c1ccc(Cl)cc1CO. The maximum absolute atomic E-state index is 9.30. The van der Waals surface area contributed by atoms with Gasteiger partial charge in [0.05, 0.1) is 6.61 Å². The van der Waals surface area contributed by atoms with E-state index in [9.17, 15) is 5.11 Å². The normalized spacial score (nSPS) is 11.6. The molecule has 0 aliphatic rings. The molecule has 0 fully saturated rings. The van der Waals surface area contributed by atoms with Crippen LogP contribution in [0.1, 0.15) is 26.3 Å². The Labute approximate surface area is 103 Å². The molecule has 0 unspecified atom stereocenters. The smallest absolute Gasteiger partial charge is 0.0702 e. The molecule has 1 aromatic carbocycles. The molecule has 16 heavy (non-hydrogen) atoms. The molecule has 2 nitrogen and oxygen atoms in total. The van der Waals surface area contributed by atoms with Crippen molar-refractivity contribution in [3.8, 4) is 0 Å². The van der Waals surface area contributed by atoms with Crippen molar-refractivity contribution in [1.82, 2.24) is 0 Å². The van der Waals surface area contributed by atoms with Crippen LogP contribution in [-0.4, -0.2) is 18.7 Å². The summed E-state index contributed by atoms with van der Waals surface area (Å²) in [5, 5.41) is 9.97. The average molecular weight is 242 g/mol. The number of halogens is 1. The van der Waals surface area contributed by atoms with Gasteiger partial charge < -0.3 is 10.0 Å². The van der Waals surface area contributed by atoms with Gasteiger partial charge in [-0.3, -0.25) is 0 Å². The average Bonchev–Trinajstić information content (AvgIpc) is 2.14. The van der Waals surface area contributed by atoms with Gasteiger partial charge in [-0.1, -0.05) is 32.4 Å². The summed E-state index contributed by atoms with van der Waals surface area (Å²) in [4.78, 5) is 2.15. The zero-order valence-corrected chi connectivity index (χ0v) is 11.2. The molecule has 0 aromatic heterocycles. The monoisotopic (exact) mass is 241 g/mol. The van der Waals surface area contributed by atoms with Gasteiger partial charge >= 0.3 is 0 Å². The Morgan fingerprint density at radius 2 is 1.94 bits per heavy atom. The molecule has 90 valence electrons. The summed E-state index contributed by atoms with van der Waals surface area (Å²) in [7, 11) is 2.04. The molecular formula is C13H20ClNO. The highest BCUT2D eigenvalue weighted by Gasteiger charge is 2.15. The lowest BCUT2D eigenvalue weighted by molar-refractivity contribution is 0.281. The lowest BCUT2D eigenvalue weighted by atomic mass is 9.96. The Bertz CT molecular complexity index is 357. The van der Waals surface area contributed by atoms with Crippen LogP contribution >= 0.6 is 11.6 Å². The first kappa shape index (κ1) is 13.3. The van der Waals surface area contributed by atoms with Crippen LogP contribution in [0.4, 0.5) is 5.69 Å².